The molecule has 1 heterocycles. The third-order valence-electron chi connectivity index (χ3n) is 16.7. The van der Waals surface area contributed by atoms with Gasteiger partial charge in [0.1, 0.15) is 24.4 Å². The van der Waals surface area contributed by atoms with Crippen molar-refractivity contribution in [3.63, 3.8) is 0 Å². The summed E-state index contributed by atoms with van der Waals surface area (Å²) in [6, 6.07) is -0.807. The van der Waals surface area contributed by atoms with E-state index in [1.807, 2.05) is 6.08 Å². The molecule has 1 amide bonds. The second kappa shape index (κ2) is 58.2. The van der Waals surface area contributed by atoms with Gasteiger partial charge in [-0.25, -0.2) is 0 Å². The van der Waals surface area contributed by atoms with Crippen LogP contribution in [0.2, 0.25) is 0 Å². The highest BCUT2D eigenvalue weighted by atomic mass is 16.7. The van der Waals surface area contributed by atoms with Crippen molar-refractivity contribution in [2.45, 2.75) is 391 Å². The van der Waals surface area contributed by atoms with E-state index in [0.717, 1.165) is 51.4 Å². The number of esters is 1. The van der Waals surface area contributed by atoms with E-state index < -0.39 is 49.5 Å². The first kappa shape index (κ1) is 75.4. The monoisotopic (exact) mass is 1120 g/mol. The van der Waals surface area contributed by atoms with Crippen LogP contribution in [-0.4, -0.2) is 100 Å². The molecule has 79 heavy (non-hydrogen) atoms. The summed E-state index contributed by atoms with van der Waals surface area (Å²) < 4.78 is 16.7. The highest BCUT2D eigenvalue weighted by molar-refractivity contribution is 5.76. The van der Waals surface area contributed by atoms with Gasteiger partial charge in [-0.15, -0.1) is 0 Å². The van der Waals surface area contributed by atoms with Crippen LogP contribution >= 0.6 is 0 Å². The number of carbonyl (C=O) groups excluding carboxylic acids is 2. The molecule has 6 N–H and O–H groups in total. The summed E-state index contributed by atoms with van der Waals surface area (Å²) >= 11 is 0. The van der Waals surface area contributed by atoms with Gasteiger partial charge >= 0.3 is 5.97 Å². The molecule has 0 aliphatic carbocycles. The Morgan fingerprint density at radius 2 is 0.797 bits per heavy atom. The molecule has 11 heteroatoms. The zero-order valence-corrected chi connectivity index (χ0v) is 51.9. The van der Waals surface area contributed by atoms with Crippen LogP contribution in [0.1, 0.15) is 348 Å². The number of aliphatic hydroxyl groups excluding tert-OH is 5. The van der Waals surface area contributed by atoms with Gasteiger partial charge in [-0.1, -0.05) is 315 Å². The lowest BCUT2D eigenvalue weighted by molar-refractivity contribution is -0.302. The van der Waals surface area contributed by atoms with E-state index in [-0.39, 0.29) is 18.5 Å². The number of hydrogen-bond acceptors (Lipinski definition) is 10. The molecule has 11 nitrogen and oxygen atoms in total. The smallest absolute Gasteiger partial charge is 0.305 e. The quantitative estimate of drug-likeness (QED) is 0.0195. The molecule has 1 aliphatic heterocycles. The Kier molecular flexibility index (Phi) is 55.5. The highest BCUT2D eigenvalue weighted by Crippen LogP contribution is 2.23. The first-order valence-corrected chi connectivity index (χ1v) is 34.5. The fraction of sp³-hybridized carbons (Fsp3) is 0.941. The molecule has 7 unspecified atom stereocenters. The molecule has 1 aliphatic rings. The Labute approximate surface area is 487 Å². The van der Waals surface area contributed by atoms with E-state index >= 15 is 0 Å². The molecule has 1 rings (SSSR count). The number of amides is 1. The fourth-order valence-electron chi connectivity index (χ4n) is 11.2. The van der Waals surface area contributed by atoms with Gasteiger partial charge in [0.25, 0.3) is 0 Å². The van der Waals surface area contributed by atoms with Crippen LogP contribution in [0.5, 0.6) is 0 Å². The van der Waals surface area contributed by atoms with Gasteiger partial charge in [-0.2, -0.15) is 0 Å². The molecular weight excluding hydrogens is 991 g/mol. The lowest BCUT2D eigenvalue weighted by Crippen LogP contribution is -2.60. The maximum Gasteiger partial charge on any atom is 0.305 e. The molecule has 0 spiro atoms. The van der Waals surface area contributed by atoms with Crippen LogP contribution < -0.4 is 5.32 Å². The van der Waals surface area contributed by atoms with Crippen LogP contribution in [0.4, 0.5) is 0 Å². The van der Waals surface area contributed by atoms with E-state index in [1.54, 1.807) is 6.08 Å². The van der Waals surface area contributed by atoms with E-state index in [4.69, 9.17) is 14.2 Å². The van der Waals surface area contributed by atoms with Crippen molar-refractivity contribution in [2.24, 2.45) is 0 Å². The predicted molar refractivity (Wildman–Crippen MR) is 329 cm³/mol. The molecule has 7 atom stereocenters. The van der Waals surface area contributed by atoms with Gasteiger partial charge in [0.2, 0.25) is 5.91 Å². The van der Waals surface area contributed by atoms with Gasteiger partial charge in [0.15, 0.2) is 6.29 Å². The lowest BCUT2D eigenvalue weighted by Gasteiger charge is -2.40. The molecule has 0 aromatic rings. The molecule has 0 saturated carbocycles. The van der Waals surface area contributed by atoms with E-state index in [9.17, 15) is 35.1 Å². The predicted octanol–water partition coefficient (Wildman–Crippen LogP) is 17.1. The first-order valence-electron chi connectivity index (χ1n) is 34.5. The van der Waals surface area contributed by atoms with Crippen molar-refractivity contribution < 1.29 is 49.3 Å². The van der Waals surface area contributed by atoms with Crippen molar-refractivity contribution in [1.29, 1.82) is 0 Å². The topological polar surface area (TPSA) is 175 Å². The lowest BCUT2D eigenvalue weighted by atomic mass is 9.99. The maximum absolute atomic E-state index is 13.1. The minimum Gasteiger partial charge on any atom is -0.466 e. The Morgan fingerprint density at radius 1 is 0.456 bits per heavy atom. The first-order chi connectivity index (χ1) is 38.7. The molecule has 0 aromatic carbocycles. The Morgan fingerprint density at radius 3 is 1.18 bits per heavy atom. The largest absolute Gasteiger partial charge is 0.466 e. The van der Waals surface area contributed by atoms with Crippen molar-refractivity contribution >= 4 is 11.9 Å². The molecular formula is C68H131NO10. The summed E-state index contributed by atoms with van der Waals surface area (Å²) in [6.07, 6.45) is 60.4. The van der Waals surface area contributed by atoms with Crippen LogP contribution in [0.25, 0.3) is 0 Å². The van der Waals surface area contributed by atoms with Crippen LogP contribution in [0.3, 0.4) is 0 Å². The SMILES string of the molecule is CCCCCCCCCCCCC/C=C/C(O)C(COC1OC(CO)C(O)C(O)C1O)NC(=O)CCCCCCCCCCCCCCCCCCCCCCCCCCCCCOC(=O)CCCCCCCCCCCCC. The second-order valence-electron chi connectivity index (χ2n) is 24.2. The van der Waals surface area contributed by atoms with Crippen molar-refractivity contribution in [2.75, 3.05) is 19.8 Å². The minimum atomic E-state index is -1.57. The number of allylic oxidation sites excluding steroid dienone is 1. The van der Waals surface area contributed by atoms with Gasteiger partial charge in [0.05, 0.1) is 32.0 Å². The number of ether oxygens (including phenoxy) is 3. The Balaban J connectivity index is 1.98. The van der Waals surface area contributed by atoms with E-state index in [1.165, 1.54) is 270 Å². The third kappa shape index (κ3) is 47.5. The average Bonchev–Trinajstić information content (AvgIpc) is 3.49. The van der Waals surface area contributed by atoms with E-state index in [0.29, 0.717) is 19.4 Å². The number of carbonyl (C=O) groups is 2. The average molecular weight is 1120 g/mol. The summed E-state index contributed by atoms with van der Waals surface area (Å²) in [5.74, 6) is -0.168. The summed E-state index contributed by atoms with van der Waals surface area (Å²) in [4.78, 5) is 25.1. The second-order valence-corrected chi connectivity index (χ2v) is 24.2. The zero-order chi connectivity index (χ0) is 57.3. The number of nitrogens with one attached hydrogen (secondary N) is 1. The van der Waals surface area contributed by atoms with Crippen molar-refractivity contribution in [3.05, 3.63) is 12.2 Å². The van der Waals surface area contributed by atoms with Crippen molar-refractivity contribution in [3.8, 4) is 0 Å². The summed E-state index contributed by atoms with van der Waals surface area (Å²) in [6.45, 7) is 4.38. The Hall–Kier alpha value is -1.60. The highest BCUT2D eigenvalue weighted by Gasteiger charge is 2.44. The normalized spacial score (nSPS) is 18.4. The van der Waals surface area contributed by atoms with Crippen LogP contribution in [-0.2, 0) is 23.8 Å². The molecule has 1 saturated heterocycles. The van der Waals surface area contributed by atoms with Gasteiger partial charge in [-0.05, 0) is 32.1 Å². The summed E-state index contributed by atoms with van der Waals surface area (Å²) in [5.41, 5.74) is 0. The van der Waals surface area contributed by atoms with Crippen molar-refractivity contribution in [1.82, 2.24) is 5.32 Å². The summed E-state index contributed by atoms with van der Waals surface area (Å²) in [5, 5.41) is 54.5. The van der Waals surface area contributed by atoms with Gasteiger partial charge in [0, 0.05) is 12.8 Å². The van der Waals surface area contributed by atoms with Gasteiger partial charge in [-0.3, -0.25) is 9.59 Å². The number of aliphatic hydroxyl groups is 5. The fourth-order valence-corrected chi connectivity index (χ4v) is 11.2. The van der Waals surface area contributed by atoms with Crippen LogP contribution in [0, 0.1) is 0 Å². The zero-order valence-electron chi connectivity index (χ0n) is 51.9. The Bertz CT molecular complexity index is 1320. The number of hydrogen-bond donors (Lipinski definition) is 6. The molecule has 0 radical (unpaired) electrons. The molecule has 468 valence electrons. The van der Waals surface area contributed by atoms with Crippen LogP contribution in [0.15, 0.2) is 12.2 Å². The summed E-state index contributed by atoms with van der Waals surface area (Å²) in [7, 11) is 0. The minimum absolute atomic E-state index is 0.00894. The maximum atomic E-state index is 13.1. The molecule has 0 aromatic heterocycles. The van der Waals surface area contributed by atoms with Gasteiger partial charge < -0.3 is 45.1 Å². The molecule has 1 fully saturated rings. The standard InChI is InChI=1S/C68H131NO10/c1-3-5-7-9-11-13-15-31-35-38-42-46-50-54-61(71)60(59-78-68-67(76)66(75)65(74)62(58-70)79-68)69-63(72)55-51-47-43-39-36-32-29-27-25-23-21-19-17-16-18-20-22-24-26-28-30-33-37-41-45-49-53-57-77-64(73)56-52-48-44-40-34-14-12-10-8-6-4-2/h50,54,60-62,65-68,70-71,74-76H,3-49,51-53,55-59H2,1-2H3,(H,69,72)/b54-50+. The van der Waals surface area contributed by atoms with E-state index in [2.05, 4.69) is 19.2 Å². The third-order valence-corrected chi connectivity index (χ3v) is 16.7. The number of unbranched alkanes of at least 4 members (excludes halogenated alkanes) is 47. The molecule has 0 bridgehead atoms. The number of rotatable bonds is 61.